The maximum absolute atomic E-state index is 12.9. The largest absolute Gasteiger partial charge is 0.491 e. The standard InChI is InChI=1S/C26H32N4O2/c1-16-2-5-20-9-21(12-27-25(20)28-16)26(31)29-22-10-19-6-7-23(11-24(19)32-15-22)30-13-17-3-4-18(8-17)14-30/h6-7,9,11-12,16-18,22H,2-5,8,10,13-15H2,1H3,(H,27,28)(H,29,31)/t16-,17?,18?,22+/m0/s1. The fourth-order valence-corrected chi connectivity index (χ4v) is 5.97. The Bertz CT molecular complexity index is 1030. The van der Waals surface area contributed by atoms with Crippen LogP contribution in [-0.4, -0.2) is 42.7 Å². The van der Waals surface area contributed by atoms with Gasteiger partial charge in [0.15, 0.2) is 0 Å². The maximum Gasteiger partial charge on any atom is 0.253 e. The molecular formula is C26H32N4O2. The van der Waals surface area contributed by atoms with Crippen molar-refractivity contribution in [1.82, 2.24) is 10.3 Å². The minimum Gasteiger partial charge on any atom is -0.491 e. The molecule has 0 radical (unpaired) electrons. The molecule has 6 heteroatoms. The smallest absolute Gasteiger partial charge is 0.253 e. The second kappa shape index (κ2) is 7.98. The van der Waals surface area contributed by atoms with Crippen LogP contribution in [-0.2, 0) is 12.8 Å². The van der Waals surface area contributed by atoms with E-state index < -0.39 is 0 Å². The van der Waals surface area contributed by atoms with Crippen LogP contribution in [0.5, 0.6) is 5.75 Å². The minimum atomic E-state index is -0.0728. The van der Waals surface area contributed by atoms with Gasteiger partial charge < -0.3 is 20.3 Å². The number of carbonyl (C=O) groups is 1. The van der Waals surface area contributed by atoms with Crippen LogP contribution >= 0.6 is 0 Å². The van der Waals surface area contributed by atoms with Crippen LogP contribution in [0.1, 0.15) is 54.1 Å². The number of aromatic nitrogens is 1. The number of hydrogen-bond donors (Lipinski definition) is 2. The highest BCUT2D eigenvalue weighted by Crippen LogP contribution is 2.39. The fourth-order valence-electron chi connectivity index (χ4n) is 5.97. The van der Waals surface area contributed by atoms with Gasteiger partial charge in [-0.2, -0.15) is 0 Å². The van der Waals surface area contributed by atoms with Gasteiger partial charge in [-0.05, 0) is 80.5 Å². The Morgan fingerprint density at radius 3 is 2.84 bits per heavy atom. The Morgan fingerprint density at radius 1 is 1.16 bits per heavy atom. The first-order valence-corrected chi connectivity index (χ1v) is 12.2. The Hall–Kier alpha value is -2.76. The number of nitrogens with zero attached hydrogens (tertiary/aromatic N) is 2. The Balaban J connectivity index is 1.11. The summed E-state index contributed by atoms with van der Waals surface area (Å²) in [6, 6.07) is 9.01. The molecule has 4 heterocycles. The molecule has 1 saturated heterocycles. The third-order valence-corrected chi connectivity index (χ3v) is 7.72. The van der Waals surface area contributed by atoms with Crippen molar-refractivity contribution in [3.8, 4) is 5.75 Å². The molecule has 1 amide bonds. The Kier molecular flexibility index (Phi) is 4.96. The van der Waals surface area contributed by atoms with E-state index in [1.54, 1.807) is 6.20 Å². The number of anilines is 2. The zero-order valence-corrected chi connectivity index (χ0v) is 18.8. The van der Waals surface area contributed by atoms with Crippen LogP contribution in [0.4, 0.5) is 11.5 Å². The monoisotopic (exact) mass is 432 g/mol. The highest BCUT2D eigenvalue weighted by atomic mass is 16.5. The van der Waals surface area contributed by atoms with Crippen molar-refractivity contribution in [3.63, 3.8) is 0 Å². The summed E-state index contributed by atoms with van der Waals surface area (Å²) in [7, 11) is 0. The number of nitrogens with one attached hydrogen (secondary N) is 2. The number of hydrogen-bond acceptors (Lipinski definition) is 5. The fraction of sp³-hybridized carbons (Fsp3) is 0.538. The van der Waals surface area contributed by atoms with E-state index in [2.05, 4.69) is 45.6 Å². The van der Waals surface area contributed by atoms with E-state index in [4.69, 9.17) is 4.74 Å². The molecule has 2 N–H and O–H groups in total. The van der Waals surface area contributed by atoms with E-state index in [-0.39, 0.29) is 11.9 Å². The van der Waals surface area contributed by atoms with Gasteiger partial charge in [0.2, 0.25) is 0 Å². The molecule has 1 aromatic heterocycles. The molecule has 4 aliphatic rings. The van der Waals surface area contributed by atoms with Crippen molar-refractivity contribution in [2.24, 2.45) is 11.8 Å². The number of fused-ring (bicyclic) bond motifs is 4. The van der Waals surface area contributed by atoms with Crippen LogP contribution in [0, 0.1) is 11.8 Å². The zero-order chi connectivity index (χ0) is 21.7. The van der Waals surface area contributed by atoms with Crippen molar-refractivity contribution >= 4 is 17.4 Å². The van der Waals surface area contributed by atoms with Crippen LogP contribution in [0.2, 0.25) is 0 Å². The molecule has 4 atom stereocenters. The number of pyridine rings is 1. The number of benzene rings is 1. The number of ether oxygens (including phenoxy) is 1. The first-order chi connectivity index (χ1) is 15.6. The summed E-state index contributed by atoms with van der Waals surface area (Å²) in [6.45, 7) is 5.02. The average molecular weight is 433 g/mol. The number of amides is 1. The summed E-state index contributed by atoms with van der Waals surface area (Å²) in [5, 5.41) is 6.54. The number of rotatable bonds is 3. The van der Waals surface area contributed by atoms with Gasteiger partial charge >= 0.3 is 0 Å². The highest BCUT2D eigenvalue weighted by Gasteiger charge is 2.33. The van der Waals surface area contributed by atoms with Crippen molar-refractivity contribution in [2.45, 2.75) is 57.5 Å². The quantitative estimate of drug-likeness (QED) is 0.772. The second-order valence-electron chi connectivity index (χ2n) is 10.2. The maximum atomic E-state index is 12.9. The zero-order valence-electron chi connectivity index (χ0n) is 18.8. The highest BCUT2D eigenvalue weighted by molar-refractivity contribution is 5.94. The molecule has 32 heavy (non-hydrogen) atoms. The lowest BCUT2D eigenvalue weighted by Gasteiger charge is -2.34. The van der Waals surface area contributed by atoms with Gasteiger partial charge in [0.25, 0.3) is 5.91 Å². The molecule has 3 aliphatic heterocycles. The normalized spacial score (nSPS) is 28.2. The van der Waals surface area contributed by atoms with Crippen molar-refractivity contribution in [2.75, 3.05) is 29.9 Å². The van der Waals surface area contributed by atoms with Gasteiger partial charge in [-0.1, -0.05) is 6.07 Å². The van der Waals surface area contributed by atoms with Crippen molar-refractivity contribution in [1.29, 1.82) is 0 Å². The van der Waals surface area contributed by atoms with E-state index in [0.29, 0.717) is 18.2 Å². The van der Waals surface area contributed by atoms with Gasteiger partial charge in [0, 0.05) is 37.1 Å². The SMILES string of the molecule is C[C@H]1CCc2cc(C(=O)N[C@H]3COc4cc(N5CC6CCC(C6)C5)ccc4C3)cnc2N1. The average Bonchev–Trinajstić information content (AvgIpc) is 3.15. The predicted molar refractivity (Wildman–Crippen MR) is 126 cm³/mol. The molecule has 2 aromatic rings. The lowest BCUT2D eigenvalue weighted by Crippen LogP contribution is -2.43. The Labute approximate surface area is 189 Å². The van der Waals surface area contributed by atoms with Crippen molar-refractivity contribution in [3.05, 3.63) is 47.2 Å². The van der Waals surface area contributed by atoms with E-state index in [1.807, 2.05) is 6.07 Å². The van der Waals surface area contributed by atoms with Gasteiger partial charge in [-0.15, -0.1) is 0 Å². The summed E-state index contributed by atoms with van der Waals surface area (Å²) in [5.74, 6) is 3.54. The molecule has 1 saturated carbocycles. The van der Waals surface area contributed by atoms with Crippen LogP contribution in [0.25, 0.3) is 0 Å². The molecule has 168 valence electrons. The first-order valence-electron chi connectivity index (χ1n) is 12.2. The summed E-state index contributed by atoms with van der Waals surface area (Å²) in [4.78, 5) is 19.9. The Morgan fingerprint density at radius 2 is 2.00 bits per heavy atom. The van der Waals surface area contributed by atoms with Gasteiger partial charge in [0.05, 0.1) is 11.6 Å². The van der Waals surface area contributed by atoms with E-state index in [1.165, 1.54) is 43.6 Å². The number of piperidine rings is 1. The first kappa shape index (κ1) is 19.9. The van der Waals surface area contributed by atoms with Crippen LogP contribution < -0.4 is 20.3 Å². The lowest BCUT2D eigenvalue weighted by atomic mass is 9.97. The molecule has 2 bridgehead atoms. The number of carbonyl (C=O) groups excluding carboxylic acids is 1. The molecule has 1 aliphatic carbocycles. The summed E-state index contributed by atoms with van der Waals surface area (Å²) in [5.41, 5.74) is 4.21. The predicted octanol–water partition coefficient (Wildman–Crippen LogP) is 3.80. The van der Waals surface area contributed by atoms with E-state index >= 15 is 0 Å². The van der Waals surface area contributed by atoms with Crippen LogP contribution in [0.15, 0.2) is 30.5 Å². The number of aryl methyl sites for hydroxylation is 1. The van der Waals surface area contributed by atoms with Gasteiger partial charge in [-0.3, -0.25) is 4.79 Å². The molecular weight excluding hydrogens is 400 g/mol. The minimum absolute atomic E-state index is 0.0270. The van der Waals surface area contributed by atoms with Gasteiger partial charge in [0.1, 0.15) is 18.2 Å². The molecule has 1 aromatic carbocycles. The van der Waals surface area contributed by atoms with Gasteiger partial charge in [-0.25, -0.2) is 4.98 Å². The summed E-state index contributed by atoms with van der Waals surface area (Å²) < 4.78 is 6.11. The molecule has 6 nitrogen and oxygen atoms in total. The molecule has 6 rings (SSSR count). The third-order valence-electron chi connectivity index (χ3n) is 7.72. The third kappa shape index (κ3) is 3.80. The van der Waals surface area contributed by atoms with E-state index in [0.717, 1.165) is 48.2 Å². The molecule has 0 spiro atoms. The van der Waals surface area contributed by atoms with Crippen LogP contribution in [0.3, 0.4) is 0 Å². The topological polar surface area (TPSA) is 66.5 Å². The summed E-state index contributed by atoms with van der Waals surface area (Å²) >= 11 is 0. The molecule has 2 fully saturated rings. The van der Waals surface area contributed by atoms with E-state index in [9.17, 15) is 4.79 Å². The lowest BCUT2D eigenvalue weighted by molar-refractivity contribution is 0.0915. The second-order valence-corrected chi connectivity index (χ2v) is 10.2. The summed E-state index contributed by atoms with van der Waals surface area (Å²) in [6.07, 6.45) is 8.68. The van der Waals surface area contributed by atoms with Crippen molar-refractivity contribution < 1.29 is 9.53 Å². The molecule has 2 unspecified atom stereocenters.